The molecule has 0 aromatic heterocycles. The molecule has 1 aliphatic rings. The first-order valence-electron chi connectivity index (χ1n) is 8.55. The Kier molecular flexibility index (Phi) is 7.21. The topological polar surface area (TPSA) is 79.9 Å². The maximum absolute atomic E-state index is 12.5. The number of amides is 2. The lowest BCUT2D eigenvalue weighted by molar-refractivity contribution is -0.0295. The molecule has 0 bridgehead atoms. The van der Waals surface area contributed by atoms with Crippen molar-refractivity contribution in [3.05, 3.63) is 29.8 Å². The third kappa shape index (κ3) is 6.03. The summed E-state index contributed by atoms with van der Waals surface area (Å²) < 4.78 is 10.3. The van der Waals surface area contributed by atoms with Gasteiger partial charge in [0.15, 0.2) is 0 Å². The van der Waals surface area contributed by atoms with Gasteiger partial charge in [-0.3, -0.25) is 15.0 Å². The molecule has 1 fully saturated rings. The minimum Gasteiger partial charge on any atom is -0.453 e. The van der Waals surface area contributed by atoms with Crippen LogP contribution in [0.5, 0.6) is 0 Å². The summed E-state index contributed by atoms with van der Waals surface area (Å²) in [5, 5.41) is 5.44. The van der Waals surface area contributed by atoms with Crippen LogP contribution in [-0.2, 0) is 9.47 Å². The summed E-state index contributed by atoms with van der Waals surface area (Å²) in [6, 6.07) is 6.82. The van der Waals surface area contributed by atoms with Gasteiger partial charge in [-0.15, -0.1) is 0 Å². The van der Waals surface area contributed by atoms with Crippen LogP contribution in [0.1, 0.15) is 24.2 Å². The van der Waals surface area contributed by atoms with Crippen molar-refractivity contribution in [2.24, 2.45) is 5.92 Å². The molecule has 0 radical (unpaired) electrons. The molecular weight excluding hydrogens is 322 g/mol. The third-order valence-corrected chi connectivity index (χ3v) is 3.93. The number of hydrogen-bond donors (Lipinski definition) is 2. The first-order valence-corrected chi connectivity index (χ1v) is 8.55. The number of benzene rings is 1. The van der Waals surface area contributed by atoms with E-state index >= 15 is 0 Å². The SMILES string of the molecule is COC(=O)Nc1ccccc1C(=O)NC[C@H]1CN(CC(C)C)CCO1. The predicted molar refractivity (Wildman–Crippen MR) is 95.8 cm³/mol. The summed E-state index contributed by atoms with van der Waals surface area (Å²) in [5.41, 5.74) is 0.806. The van der Waals surface area contributed by atoms with Gasteiger partial charge in [-0.05, 0) is 18.1 Å². The molecule has 0 spiro atoms. The summed E-state index contributed by atoms with van der Waals surface area (Å²) in [6.07, 6.45) is -0.641. The van der Waals surface area contributed by atoms with Gasteiger partial charge in [-0.2, -0.15) is 0 Å². The molecular formula is C18H27N3O4. The van der Waals surface area contributed by atoms with E-state index in [1.807, 2.05) is 0 Å². The molecule has 138 valence electrons. The lowest BCUT2D eigenvalue weighted by Gasteiger charge is -2.34. The van der Waals surface area contributed by atoms with Crippen LogP contribution in [0.25, 0.3) is 0 Å². The zero-order valence-corrected chi connectivity index (χ0v) is 15.1. The maximum atomic E-state index is 12.5. The van der Waals surface area contributed by atoms with Crippen LogP contribution in [0.15, 0.2) is 24.3 Å². The minimum absolute atomic E-state index is 0.0304. The Morgan fingerprint density at radius 1 is 1.36 bits per heavy atom. The van der Waals surface area contributed by atoms with Crippen molar-refractivity contribution in [1.29, 1.82) is 0 Å². The highest BCUT2D eigenvalue weighted by Gasteiger charge is 2.22. The van der Waals surface area contributed by atoms with Crippen molar-refractivity contribution < 1.29 is 19.1 Å². The molecule has 2 amide bonds. The average Bonchev–Trinajstić information content (AvgIpc) is 2.60. The molecule has 2 rings (SSSR count). The van der Waals surface area contributed by atoms with Gasteiger partial charge in [-0.25, -0.2) is 4.79 Å². The minimum atomic E-state index is -0.611. The van der Waals surface area contributed by atoms with Crippen LogP contribution in [0.2, 0.25) is 0 Å². The number of hydrogen-bond acceptors (Lipinski definition) is 5. The van der Waals surface area contributed by atoms with Crippen molar-refractivity contribution in [3.63, 3.8) is 0 Å². The molecule has 7 heteroatoms. The molecule has 0 saturated carbocycles. The predicted octanol–water partition coefficient (Wildman–Crippen LogP) is 1.95. The van der Waals surface area contributed by atoms with Gasteiger partial charge in [0.1, 0.15) is 0 Å². The lowest BCUT2D eigenvalue weighted by atomic mass is 10.1. The Morgan fingerprint density at radius 3 is 2.84 bits per heavy atom. The fourth-order valence-electron chi connectivity index (χ4n) is 2.84. The largest absolute Gasteiger partial charge is 0.453 e. The molecule has 25 heavy (non-hydrogen) atoms. The quantitative estimate of drug-likeness (QED) is 0.821. The molecule has 1 saturated heterocycles. The van der Waals surface area contributed by atoms with E-state index in [0.717, 1.165) is 19.6 Å². The van der Waals surface area contributed by atoms with Gasteiger partial charge in [-0.1, -0.05) is 26.0 Å². The molecule has 1 atom stereocenters. The van der Waals surface area contributed by atoms with Crippen molar-refractivity contribution in [2.45, 2.75) is 20.0 Å². The fraction of sp³-hybridized carbons (Fsp3) is 0.556. The summed E-state index contributed by atoms with van der Waals surface area (Å²) in [6.45, 7) is 8.25. The van der Waals surface area contributed by atoms with Crippen molar-refractivity contribution in [3.8, 4) is 0 Å². The Hall–Kier alpha value is -2.12. The van der Waals surface area contributed by atoms with E-state index in [-0.39, 0.29) is 12.0 Å². The Bertz CT molecular complexity index is 591. The number of ether oxygens (including phenoxy) is 2. The van der Waals surface area contributed by atoms with Gasteiger partial charge >= 0.3 is 6.09 Å². The van der Waals surface area contributed by atoms with Gasteiger partial charge in [0.2, 0.25) is 0 Å². The Labute approximate surface area is 148 Å². The highest BCUT2D eigenvalue weighted by molar-refractivity contribution is 6.02. The smallest absolute Gasteiger partial charge is 0.411 e. The maximum Gasteiger partial charge on any atom is 0.411 e. The molecule has 0 unspecified atom stereocenters. The van der Waals surface area contributed by atoms with E-state index in [9.17, 15) is 9.59 Å². The van der Waals surface area contributed by atoms with Crippen LogP contribution < -0.4 is 10.6 Å². The normalized spacial score (nSPS) is 18.0. The standard InChI is InChI=1S/C18H27N3O4/c1-13(2)11-21-8-9-25-14(12-21)10-19-17(22)15-6-4-5-7-16(15)20-18(23)24-3/h4-7,13-14H,8-12H2,1-3H3,(H,19,22)(H,20,23)/t14-/m0/s1. The molecule has 2 N–H and O–H groups in total. The van der Waals surface area contributed by atoms with Gasteiger partial charge < -0.3 is 14.8 Å². The second-order valence-electron chi connectivity index (χ2n) is 6.52. The first-order chi connectivity index (χ1) is 12.0. The van der Waals surface area contributed by atoms with Crippen LogP contribution in [0, 0.1) is 5.92 Å². The van der Waals surface area contributed by atoms with Crippen molar-refractivity contribution >= 4 is 17.7 Å². The average molecular weight is 349 g/mol. The molecule has 1 aromatic carbocycles. The summed E-state index contributed by atoms with van der Waals surface area (Å²) in [5.74, 6) is 0.348. The number of carbonyl (C=O) groups excluding carboxylic acids is 2. The number of carbonyl (C=O) groups is 2. The number of morpholine rings is 1. The van der Waals surface area contributed by atoms with E-state index in [1.54, 1.807) is 24.3 Å². The Balaban J connectivity index is 1.91. The monoisotopic (exact) mass is 349 g/mol. The highest BCUT2D eigenvalue weighted by Crippen LogP contribution is 2.15. The Morgan fingerprint density at radius 2 is 2.12 bits per heavy atom. The lowest BCUT2D eigenvalue weighted by Crippen LogP contribution is -2.48. The molecule has 0 aliphatic carbocycles. The number of rotatable bonds is 6. The fourth-order valence-corrected chi connectivity index (χ4v) is 2.84. The van der Waals surface area contributed by atoms with Crippen LogP contribution in [0.3, 0.4) is 0 Å². The van der Waals surface area contributed by atoms with Crippen LogP contribution >= 0.6 is 0 Å². The van der Waals surface area contributed by atoms with Crippen LogP contribution in [-0.4, -0.2) is 62.9 Å². The number of anilines is 1. The number of nitrogens with zero attached hydrogens (tertiary/aromatic N) is 1. The third-order valence-electron chi connectivity index (χ3n) is 3.93. The van der Waals surface area contributed by atoms with Gasteiger partial charge in [0.05, 0.1) is 31.1 Å². The molecule has 1 aliphatic heterocycles. The van der Waals surface area contributed by atoms with E-state index in [2.05, 4.69) is 34.1 Å². The second kappa shape index (κ2) is 9.39. The number of para-hydroxylation sites is 1. The molecule has 1 aromatic rings. The second-order valence-corrected chi connectivity index (χ2v) is 6.52. The van der Waals surface area contributed by atoms with Gasteiger partial charge in [0, 0.05) is 26.2 Å². The van der Waals surface area contributed by atoms with Crippen molar-refractivity contribution in [1.82, 2.24) is 10.2 Å². The van der Waals surface area contributed by atoms with Gasteiger partial charge in [0.25, 0.3) is 5.91 Å². The zero-order valence-electron chi connectivity index (χ0n) is 15.1. The highest BCUT2D eigenvalue weighted by atomic mass is 16.5. The first kappa shape index (κ1) is 19.2. The van der Waals surface area contributed by atoms with E-state index < -0.39 is 6.09 Å². The molecule has 7 nitrogen and oxygen atoms in total. The summed E-state index contributed by atoms with van der Waals surface area (Å²) in [4.78, 5) is 26.2. The number of methoxy groups -OCH3 is 1. The van der Waals surface area contributed by atoms with E-state index in [4.69, 9.17) is 4.74 Å². The summed E-state index contributed by atoms with van der Waals surface area (Å²) >= 11 is 0. The molecule has 1 heterocycles. The number of nitrogens with one attached hydrogen (secondary N) is 2. The van der Waals surface area contributed by atoms with E-state index in [0.29, 0.717) is 30.3 Å². The zero-order chi connectivity index (χ0) is 18.2. The summed E-state index contributed by atoms with van der Waals surface area (Å²) in [7, 11) is 1.28. The van der Waals surface area contributed by atoms with E-state index in [1.165, 1.54) is 7.11 Å². The van der Waals surface area contributed by atoms with Crippen LogP contribution in [0.4, 0.5) is 10.5 Å². The van der Waals surface area contributed by atoms with Crippen molar-refractivity contribution in [2.75, 3.05) is 45.2 Å².